The molecule has 100 valence electrons. The number of nitro groups is 1. The summed E-state index contributed by atoms with van der Waals surface area (Å²) in [6.45, 7) is -0.250. The Morgan fingerprint density at radius 2 is 2.32 bits per heavy atom. The monoisotopic (exact) mass is 345 g/mol. The van der Waals surface area contributed by atoms with Crippen molar-refractivity contribution in [2.75, 3.05) is 0 Å². The number of rotatable bonds is 4. The van der Waals surface area contributed by atoms with Crippen LogP contribution in [0.25, 0.3) is 0 Å². The van der Waals surface area contributed by atoms with Crippen LogP contribution in [-0.2, 0) is 13.7 Å². The van der Waals surface area contributed by atoms with E-state index in [1.54, 1.807) is 11.6 Å². The molecule has 0 spiro atoms. The second-order valence-electron chi connectivity index (χ2n) is 3.45. The van der Waals surface area contributed by atoms with Crippen molar-refractivity contribution in [2.45, 2.75) is 16.8 Å². The lowest BCUT2D eigenvalue weighted by atomic mass is 10.4. The van der Waals surface area contributed by atoms with E-state index in [1.165, 1.54) is 12.3 Å². The van der Waals surface area contributed by atoms with Gasteiger partial charge < -0.3 is 9.67 Å². The zero-order chi connectivity index (χ0) is 14.0. The van der Waals surface area contributed by atoms with Crippen molar-refractivity contribution < 1.29 is 10.0 Å². The lowest BCUT2D eigenvalue weighted by molar-refractivity contribution is -0.388. The molecule has 2 heterocycles. The van der Waals surface area contributed by atoms with Crippen molar-refractivity contribution in [3.63, 3.8) is 0 Å². The van der Waals surface area contributed by atoms with Crippen LogP contribution < -0.4 is 0 Å². The van der Waals surface area contributed by atoms with E-state index in [2.05, 4.69) is 31.1 Å². The molecule has 0 radical (unpaired) electrons. The SMILES string of the molecule is Cn1c(CO)nnc1Sc1ncc(Br)cc1[N+](=O)[O-]. The minimum Gasteiger partial charge on any atom is -0.388 e. The Bertz CT molecular complexity index is 632. The molecular weight excluding hydrogens is 338 g/mol. The molecule has 0 fully saturated rings. The third-order valence-corrected chi connectivity index (χ3v) is 3.73. The van der Waals surface area contributed by atoms with Gasteiger partial charge in [0.2, 0.25) is 0 Å². The molecule has 10 heteroatoms. The van der Waals surface area contributed by atoms with E-state index in [-0.39, 0.29) is 17.3 Å². The Balaban J connectivity index is 2.37. The van der Waals surface area contributed by atoms with Crippen LogP contribution in [0.5, 0.6) is 0 Å². The van der Waals surface area contributed by atoms with E-state index in [0.717, 1.165) is 11.8 Å². The van der Waals surface area contributed by atoms with Gasteiger partial charge in [-0.2, -0.15) is 0 Å². The average molecular weight is 346 g/mol. The van der Waals surface area contributed by atoms with Gasteiger partial charge in [-0.1, -0.05) is 0 Å². The zero-order valence-corrected chi connectivity index (χ0v) is 12.1. The maximum Gasteiger partial charge on any atom is 0.302 e. The van der Waals surface area contributed by atoms with E-state index >= 15 is 0 Å². The molecule has 0 saturated heterocycles. The minimum atomic E-state index is -0.510. The van der Waals surface area contributed by atoms with Crippen LogP contribution in [0, 0.1) is 10.1 Å². The first-order valence-electron chi connectivity index (χ1n) is 5.00. The van der Waals surface area contributed by atoms with Crippen LogP contribution in [0.2, 0.25) is 0 Å². The van der Waals surface area contributed by atoms with Gasteiger partial charge in [-0.25, -0.2) is 4.98 Å². The highest BCUT2D eigenvalue weighted by Crippen LogP contribution is 2.33. The standard InChI is InChI=1S/C9H8BrN5O3S/c1-14-7(4-16)12-13-9(14)19-8-6(15(17)18)2-5(10)3-11-8/h2-3,16H,4H2,1H3. The summed E-state index contributed by atoms with van der Waals surface area (Å²) in [4.78, 5) is 14.5. The van der Waals surface area contributed by atoms with Gasteiger partial charge in [0.1, 0.15) is 6.61 Å². The summed E-state index contributed by atoms with van der Waals surface area (Å²) in [6, 6.07) is 1.37. The molecule has 0 saturated carbocycles. The molecule has 0 atom stereocenters. The van der Waals surface area contributed by atoms with Crippen molar-refractivity contribution in [1.29, 1.82) is 0 Å². The molecule has 8 nitrogen and oxygen atoms in total. The number of nitrogens with zero attached hydrogens (tertiary/aromatic N) is 5. The molecule has 0 aliphatic heterocycles. The minimum absolute atomic E-state index is 0.118. The zero-order valence-electron chi connectivity index (χ0n) is 9.65. The molecule has 0 aliphatic carbocycles. The molecule has 19 heavy (non-hydrogen) atoms. The number of pyridine rings is 1. The molecule has 1 N–H and O–H groups in total. The first-order chi connectivity index (χ1) is 9.02. The highest BCUT2D eigenvalue weighted by Gasteiger charge is 2.20. The summed E-state index contributed by atoms with van der Waals surface area (Å²) in [7, 11) is 1.67. The molecule has 2 aromatic rings. The maximum atomic E-state index is 11.0. The summed E-state index contributed by atoms with van der Waals surface area (Å²) in [5, 5.41) is 28.2. The van der Waals surface area contributed by atoms with Crippen LogP contribution in [-0.4, -0.2) is 29.8 Å². The average Bonchev–Trinajstić information content (AvgIpc) is 2.72. The van der Waals surface area contributed by atoms with Crippen LogP contribution >= 0.6 is 27.7 Å². The molecular formula is C9H8BrN5O3S. The van der Waals surface area contributed by atoms with Crippen molar-refractivity contribution >= 4 is 33.4 Å². The summed E-state index contributed by atoms with van der Waals surface area (Å²) in [6.07, 6.45) is 1.47. The Labute approximate surface area is 120 Å². The summed E-state index contributed by atoms with van der Waals surface area (Å²) < 4.78 is 2.08. The first kappa shape index (κ1) is 13.9. The number of aliphatic hydroxyl groups excluding tert-OH is 1. The highest BCUT2D eigenvalue weighted by molar-refractivity contribution is 9.10. The summed E-state index contributed by atoms with van der Waals surface area (Å²) >= 11 is 4.16. The summed E-state index contributed by atoms with van der Waals surface area (Å²) in [5.74, 6) is 0.377. The van der Waals surface area contributed by atoms with Crippen LogP contribution in [0.3, 0.4) is 0 Å². The van der Waals surface area contributed by atoms with Gasteiger partial charge in [0.15, 0.2) is 16.0 Å². The number of aliphatic hydroxyl groups is 1. The topological polar surface area (TPSA) is 107 Å². The smallest absolute Gasteiger partial charge is 0.302 e. The number of hydrogen-bond donors (Lipinski definition) is 1. The highest BCUT2D eigenvalue weighted by atomic mass is 79.9. The third-order valence-electron chi connectivity index (χ3n) is 2.25. The van der Waals surface area contributed by atoms with E-state index < -0.39 is 4.92 Å². The van der Waals surface area contributed by atoms with E-state index in [1.807, 2.05) is 0 Å². The van der Waals surface area contributed by atoms with E-state index in [0.29, 0.717) is 15.5 Å². The third kappa shape index (κ3) is 2.91. The Hall–Kier alpha value is -1.52. The van der Waals surface area contributed by atoms with E-state index in [9.17, 15) is 10.1 Å². The number of aromatic nitrogens is 4. The fourth-order valence-corrected chi connectivity index (χ4v) is 2.44. The van der Waals surface area contributed by atoms with Crippen LogP contribution in [0.4, 0.5) is 5.69 Å². The molecule has 0 aliphatic rings. The number of halogens is 1. The first-order valence-corrected chi connectivity index (χ1v) is 6.60. The summed E-state index contributed by atoms with van der Waals surface area (Å²) in [5.41, 5.74) is -0.118. The Morgan fingerprint density at radius 1 is 1.58 bits per heavy atom. The van der Waals surface area contributed by atoms with E-state index in [4.69, 9.17) is 5.11 Å². The van der Waals surface area contributed by atoms with Crippen LogP contribution in [0.1, 0.15) is 5.82 Å². The fourth-order valence-electron chi connectivity index (χ4n) is 1.28. The van der Waals surface area contributed by atoms with Gasteiger partial charge in [-0.15, -0.1) is 10.2 Å². The Morgan fingerprint density at radius 3 is 2.89 bits per heavy atom. The van der Waals surface area contributed by atoms with Gasteiger partial charge in [0, 0.05) is 23.8 Å². The normalized spacial score (nSPS) is 10.7. The van der Waals surface area contributed by atoms with Gasteiger partial charge in [0.25, 0.3) is 0 Å². The van der Waals surface area contributed by atoms with Gasteiger partial charge in [0.05, 0.1) is 4.92 Å². The van der Waals surface area contributed by atoms with Crippen molar-refractivity contribution in [3.8, 4) is 0 Å². The van der Waals surface area contributed by atoms with Crippen molar-refractivity contribution in [3.05, 3.63) is 32.7 Å². The lowest BCUT2D eigenvalue weighted by Crippen LogP contribution is -1.99. The molecule has 2 aromatic heterocycles. The van der Waals surface area contributed by atoms with Gasteiger partial charge in [-0.3, -0.25) is 10.1 Å². The lowest BCUT2D eigenvalue weighted by Gasteiger charge is -2.02. The largest absolute Gasteiger partial charge is 0.388 e. The quantitative estimate of drug-likeness (QED) is 0.661. The van der Waals surface area contributed by atoms with Crippen molar-refractivity contribution in [1.82, 2.24) is 19.7 Å². The predicted octanol–water partition coefficient (Wildman–Crippen LogP) is 1.52. The Kier molecular flexibility index (Phi) is 4.12. The number of hydrogen-bond acceptors (Lipinski definition) is 7. The molecule has 0 unspecified atom stereocenters. The second-order valence-corrected chi connectivity index (χ2v) is 5.32. The molecule has 0 bridgehead atoms. The predicted molar refractivity (Wildman–Crippen MR) is 69.6 cm³/mol. The maximum absolute atomic E-state index is 11.0. The molecule has 0 amide bonds. The van der Waals surface area contributed by atoms with Gasteiger partial charge in [-0.05, 0) is 27.7 Å². The van der Waals surface area contributed by atoms with Gasteiger partial charge >= 0.3 is 5.69 Å². The van der Waals surface area contributed by atoms with Crippen molar-refractivity contribution in [2.24, 2.45) is 7.05 Å². The fraction of sp³-hybridized carbons (Fsp3) is 0.222. The molecule has 0 aromatic carbocycles. The van der Waals surface area contributed by atoms with Crippen LogP contribution in [0.15, 0.2) is 26.9 Å². The second kappa shape index (κ2) is 5.63. The molecule has 2 rings (SSSR count).